The summed E-state index contributed by atoms with van der Waals surface area (Å²) in [5.41, 5.74) is -0.912. The first kappa shape index (κ1) is 23.3. The molecule has 6 nitrogen and oxygen atoms in total. The third-order valence-corrected chi connectivity index (χ3v) is 3.82. The first-order chi connectivity index (χ1) is 11.0. The summed E-state index contributed by atoms with van der Waals surface area (Å²) in [6, 6.07) is 0. The van der Waals surface area contributed by atoms with E-state index < -0.39 is 39.5 Å². The van der Waals surface area contributed by atoms with Crippen LogP contribution in [-0.2, 0) is 28.6 Å². The van der Waals surface area contributed by atoms with Gasteiger partial charge in [0.25, 0.3) is 0 Å². The second-order valence-electron chi connectivity index (χ2n) is 5.52. The van der Waals surface area contributed by atoms with Crippen LogP contribution in [0.4, 0.5) is 0 Å². The number of hydrogen-bond donors (Lipinski definition) is 0. The van der Waals surface area contributed by atoms with Crippen molar-refractivity contribution in [3.8, 4) is 0 Å². The number of hydrogen-bond acceptors (Lipinski definition) is 6. The molecule has 0 amide bonds. The highest BCUT2D eigenvalue weighted by atomic mass is 35.5. The topological polar surface area (TPSA) is 78.9 Å². The van der Waals surface area contributed by atoms with E-state index in [1.54, 1.807) is 6.92 Å². The molecule has 3 atom stereocenters. The van der Waals surface area contributed by atoms with Crippen molar-refractivity contribution >= 4 is 52.7 Å². The van der Waals surface area contributed by atoms with Crippen molar-refractivity contribution in [2.24, 2.45) is 5.41 Å². The lowest BCUT2D eigenvalue weighted by Gasteiger charge is -2.31. The number of carbonyl (C=O) groups excluding carboxylic acids is 3. The number of carbonyl (C=O) groups is 3. The van der Waals surface area contributed by atoms with E-state index in [4.69, 9.17) is 49.0 Å². The molecule has 0 aromatic rings. The Labute approximate surface area is 157 Å². The van der Waals surface area contributed by atoms with E-state index in [0.29, 0.717) is 6.42 Å². The standard InChI is InChI=1S/C15H23Cl3O6/c1-5-15(6-22-12(19)9(2)16,7-23-13(20)10(3)17)8-24-14(21)11(4)18/h9-11H,5-8H2,1-4H3. The Morgan fingerprint density at radius 3 is 1.17 bits per heavy atom. The smallest absolute Gasteiger partial charge is 0.323 e. The molecule has 0 aromatic carbocycles. The molecule has 0 aliphatic carbocycles. The van der Waals surface area contributed by atoms with Crippen LogP contribution in [0.2, 0.25) is 0 Å². The van der Waals surface area contributed by atoms with Crippen molar-refractivity contribution in [3.63, 3.8) is 0 Å². The predicted octanol–water partition coefficient (Wildman–Crippen LogP) is 2.89. The zero-order valence-corrected chi connectivity index (χ0v) is 16.4. The molecule has 0 saturated carbocycles. The Kier molecular flexibility index (Phi) is 10.7. The van der Waals surface area contributed by atoms with Crippen molar-refractivity contribution in [1.82, 2.24) is 0 Å². The van der Waals surface area contributed by atoms with Gasteiger partial charge in [-0.25, -0.2) is 0 Å². The maximum atomic E-state index is 11.6. The second kappa shape index (κ2) is 11.0. The molecule has 0 heterocycles. The second-order valence-corrected chi connectivity index (χ2v) is 7.49. The number of alkyl halides is 3. The van der Waals surface area contributed by atoms with Gasteiger partial charge in [-0.3, -0.25) is 14.4 Å². The number of esters is 3. The zero-order valence-electron chi connectivity index (χ0n) is 14.1. The molecule has 9 heteroatoms. The summed E-state index contributed by atoms with van der Waals surface area (Å²) >= 11 is 17.0. The van der Waals surface area contributed by atoms with Crippen LogP contribution in [0.1, 0.15) is 34.1 Å². The quantitative estimate of drug-likeness (QED) is 0.316. The van der Waals surface area contributed by atoms with Gasteiger partial charge < -0.3 is 14.2 Å². The lowest BCUT2D eigenvalue weighted by atomic mass is 9.88. The lowest BCUT2D eigenvalue weighted by Crippen LogP contribution is -2.40. The van der Waals surface area contributed by atoms with E-state index in [9.17, 15) is 14.4 Å². The van der Waals surface area contributed by atoms with Gasteiger partial charge in [0, 0.05) is 0 Å². The fraction of sp³-hybridized carbons (Fsp3) is 0.800. The van der Waals surface area contributed by atoms with Gasteiger partial charge in [0.1, 0.15) is 36.0 Å². The van der Waals surface area contributed by atoms with Crippen molar-refractivity contribution < 1.29 is 28.6 Å². The Hall–Kier alpha value is -0.720. The zero-order chi connectivity index (χ0) is 18.9. The van der Waals surface area contributed by atoms with E-state index in [1.165, 1.54) is 20.8 Å². The molecule has 0 saturated heterocycles. The van der Waals surface area contributed by atoms with Crippen molar-refractivity contribution in [2.45, 2.75) is 50.2 Å². The van der Waals surface area contributed by atoms with Crippen LogP contribution in [0.25, 0.3) is 0 Å². The van der Waals surface area contributed by atoms with Crippen LogP contribution < -0.4 is 0 Å². The van der Waals surface area contributed by atoms with E-state index in [1.807, 2.05) is 0 Å². The fourth-order valence-electron chi connectivity index (χ4n) is 1.45. The summed E-state index contributed by atoms with van der Waals surface area (Å²) in [4.78, 5) is 34.8. The van der Waals surface area contributed by atoms with Gasteiger partial charge in [0.2, 0.25) is 0 Å². The van der Waals surface area contributed by atoms with Gasteiger partial charge in [0.05, 0.1) is 5.41 Å². The van der Waals surface area contributed by atoms with Gasteiger partial charge in [-0.2, -0.15) is 0 Å². The maximum absolute atomic E-state index is 11.6. The molecule has 140 valence electrons. The Morgan fingerprint density at radius 1 is 0.750 bits per heavy atom. The van der Waals surface area contributed by atoms with E-state index in [2.05, 4.69) is 0 Å². The van der Waals surface area contributed by atoms with Crippen LogP contribution in [0.15, 0.2) is 0 Å². The number of halogens is 3. The summed E-state index contributed by atoms with van der Waals surface area (Å²) in [5, 5.41) is -2.47. The molecule has 0 N–H and O–H groups in total. The lowest BCUT2D eigenvalue weighted by molar-refractivity contribution is -0.161. The van der Waals surface area contributed by atoms with Gasteiger partial charge >= 0.3 is 17.9 Å². The molecule has 0 aromatic heterocycles. The first-order valence-corrected chi connectivity index (χ1v) is 8.77. The average Bonchev–Trinajstić information content (AvgIpc) is 2.53. The highest BCUT2D eigenvalue weighted by molar-refractivity contribution is 6.30. The average molecular weight is 406 g/mol. The van der Waals surface area contributed by atoms with E-state index >= 15 is 0 Å². The van der Waals surface area contributed by atoms with Gasteiger partial charge in [-0.15, -0.1) is 34.8 Å². The predicted molar refractivity (Wildman–Crippen MR) is 91.5 cm³/mol. The van der Waals surface area contributed by atoms with E-state index in [-0.39, 0.29) is 19.8 Å². The Morgan fingerprint density at radius 2 is 1.00 bits per heavy atom. The minimum atomic E-state index is -0.912. The third-order valence-electron chi connectivity index (χ3n) is 3.29. The van der Waals surface area contributed by atoms with Gasteiger partial charge in [-0.05, 0) is 27.2 Å². The van der Waals surface area contributed by atoms with E-state index in [0.717, 1.165) is 0 Å². The first-order valence-electron chi connectivity index (χ1n) is 7.46. The summed E-state index contributed by atoms with van der Waals surface area (Å²) in [7, 11) is 0. The summed E-state index contributed by atoms with van der Waals surface area (Å²) in [6.45, 7) is 5.81. The molecule has 24 heavy (non-hydrogen) atoms. The molecule has 0 rings (SSSR count). The molecular formula is C15H23Cl3O6. The van der Waals surface area contributed by atoms with Crippen LogP contribution in [0.5, 0.6) is 0 Å². The van der Waals surface area contributed by atoms with Crippen LogP contribution in [0, 0.1) is 5.41 Å². The molecule has 0 radical (unpaired) electrons. The largest absolute Gasteiger partial charge is 0.464 e. The number of rotatable bonds is 10. The highest BCUT2D eigenvalue weighted by Gasteiger charge is 2.35. The minimum Gasteiger partial charge on any atom is -0.464 e. The summed E-state index contributed by atoms with van der Waals surface area (Å²) < 4.78 is 15.4. The molecule has 3 unspecified atom stereocenters. The molecule has 0 spiro atoms. The summed E-state index contributed by atoms with van der Waals surface area (Å²) in [5.74, 6) is -1.87. The minimum absolute atomic E-state index is 0.132. The third kappa shape index (κ3) is 8.40. The highest BCUT2D eigenvalue weighted by Crippen LogP contribution is 2.25. The summed E-state index contributed by atoms with van der Waals surface area (Å²) in [6.07, 6.45) is 0.408. The van der Waals surface area contributed by atoms with Crippen molar-refractivity contribution in [2.75, 3.05) is 19.8 Å². The maximum Gasteiger partial charge on any atom is 0.323 e. The van der Waals surface area contributed by atoms with Crippen LogP contribution in [-0.4, -0.2) is 53.9 Å². The van der Waals surface area contributed by atoms with Gasteiger partial charge in [0.15, 0.2) is 0 Å². The Bertz CT molecular complexity index is 377. The van der Waals surface area contributed by atoms with Crippen LogP contribution in [0.3, 0.4) is 0 Å². The number of ether oxygens (including phenoxy) is 3. The molecule has 0 fully saturated rings. The fourth-order valence-corrected chi connectivity index (χ4v) is 1.64. The molecule has 0 aliphatic heterocycles. The van der Waals surface area contributed by atoms with Crippen molar-refractivity contribution in [1.29, 1.82) is 0 Å². The van der Waals surface area contributed by atoms with Crippen molar-refractivity contribution in [3.05, 3.63) is 0 Å². The van der Waals surface area contributed by atoms with Gasteiger partial charge in [-0.1, -0.05) is 6.92 Å². The molecular weight excluding hydrogens is 383 g/mol. The molecule has 0 bridgehead atoms. The monoisotopic (exact) mass is 404 g/mol. The SMILES string of the molecule is CCC(COC(=O)C(C)Cl)(COC(=O)C(C)Cl)COC(=O)C(C)Cl. The normalized spacial score (nSPS) is 17.1. The van der Waals surface area contributed by atoms with Crippen LogP contribution >= 0.6 is 34.8 Å². The molecule has 0 aliphatic rings. The Balaban J connectivity index is 5.01.